The Morgan fingerprint density at radius 2 is 1.93 bits per heavy atom. The maximum atomic E-state index is 15.3. The molecular weight excluding hydrogens is 557 g/mol. The summed E-state index contributed by atoms with van der Waals surface area (Å²) in [4.78, 5) is 31.0. The van der Waals surface area contributed by atoms with Crippen molar-refractivity contribution >= 4 is 31.1 Å². The van der Waals surface area contributed by atoms with E-state index in [9.17, 15) is 14.7 Å². The number of nitrogens with one attached hydrogen (secondary N) is 2. The van der Waals surface area contributed by atoms with Crippen LogP contribution in [0.25, 0.3) is 11.0 Å². The van der Waals surface area contributed by atoms with Crippen LogP contribution in [0.3, 0.4) is 0 Å². The summed E-state index contributed by atoms with van der Waals surface area (Å²) in [6.07, 6.45) is 3.84. The number of carboxylic acid groups (broad SMARTS) is 1. The Morgan fingerprint density at radius 1 is 1.19 bits per heavy atom. The van der Waals surface area contributed by atoms with Crippen molar-refractivity contribution in [3.05, 3.63) is 53.6 Å². The van der Waals surface area contributed by atoms with Crippen molar-refractivity contribution < 1.29 is 28.6 Å². The van der Waals surface area contributed by atoms with E-state index in [4.69, 9.17) is 9.47 Å². The standard InChI is InChI=1S/C30H42FN5O5Si/c1-20-18-36(19-40-14-15-42(3,4)5)28-27(20)26(8-11-32-28)41-25-7-6-21(16-23(25)31)17-24(34-30(38)39)29(37)33-22-9-12-35(2)13-10-22/h6-8,11,16,18,22,24,34H,9-10,12-15,17,19H2,1-5H3,(H,33,37)(H,38,39)/t24-/m0/s1. The van der Waals surface area contributed by atoms with Crippen molar-refractivity contribution in [2.24, 2.45) is 0 Å². The number of benzene rings is 1. The lowest BCUT2D eigenvalue weighted by atomic mass is 10.0. The molecule has 1 saturated heterocycles. The Bertz CT molecular complexity index is 1400. The van der Waals surface area contributed by atoms with Crippen LogP contribution in [0.4, 0.5) is 9.18 Å². The third-order valence-electron chi connectivity index (χ3n) is 7.47. The fourth-order valence-corrected chi connectivity index (χ4v) is 5.78. The number of ether oxygens (including phenoxy) is 2. The Balaban J connectivity index is 1.45. The van der Waals surface area contributed by atoms with Crippen LogP contribution >= 0.6 is 0 Å². The molecule has 1 aromatic carbocycles. The van der Waals surface area contributed by atoms with Crippen LogP contribution in [-0.4, -0.2) is 78.5 Å². The lowest BCUT2D eigenvalue weighted by molar-refractivity contribution is -0.124. The molecule has 42 heavy (non-hydrogen) atoms. The zero-order valence-electron chi connectivity index (χ0n) is 25.1. The second kappa shape index (κ2) is 13.7. The minimum atomic E-state index is -1.32. The molecule has 3 aromatic rings. The van der Waals surface area contributed by atoms with Gasteiger partial charge in [0.2, 0.25) is 5.91 Å². The van der Waals surface area contributed by atoms with Crippen LogP contribution in [0.1, 0.15) is 24.0 Å². The predicted octanol–water partition coefficient (Wildman–Crippen LogP) is 4.98. The highest BCUT2D eigenvalue weighted by Gasteiger charge is 2.26. The molecule has 0 spiro atoms. The first-order chi connectivity index (χ1) is 19.9. The first kappa shape index (κ1) is 31.5. The molecule has 3 heterocycles. The summed E-state index contributed by atoms with van der Waals surface area (Å²) >= 11 is 0. The molecule has 2 amide bonds. The molecule has 10 nitrogen and oxygen atoms in total. The van der Waals surface area contributed by atoms with E-state index in [1.54, 1.807) is 18.3 Å². The molecule has 0 aliphatic carbocycles. The van der Waals surface area contributed by atoms with Gasteiger partial charge in [0, 0.05) is 39.5 Å². The molecule has 228 valence electrons. The molecule has 0 saturated carbocycles. The van der Waals surface area contributed by atoms with Crippen molar-refractivity contribution in [2.75, 3.05) is 26.7 Å². The number of fused-ring (bicyclic) bond motifs is 1. The van der Waals surface area contributed by atoms with Gasteiger partial charge in [-0.05, 0) is 75.3 Å². The van der Waals surface area contributed by atoms with Crippen LogP contribution in [0.5, 0.6) is 11.5 Å². The van der Waals surface area contributed by atoms with E-state index in [0.29, 0.717) is 30.3 Å². The highest BCUT2D eigenvalue weighted by atomic mass is 28.3. The van der Waals surface area contributed by atoms with Gasteiger partial charge < -0.3 is 34.7 Å². The van der Waals surface area contributed by atoms with Gasteiger partial charge in [0.1, 0.15) is 24.2 Å². The zero-order chi connectivity index (χ0) is 30.4. The second-order valence-electron chi connectivity index (χ2n) is 12.3. The molecule has 0 radical (unpaired) electrons. The van der Waals surface area contributed by atoms with Crippen molar-refractivity contribution in [2.45, 2.75) is 70.7 Å². The molecule has 4 rings (SSSR count). The highest BCUT2D eigenvalue weighted by Crippen LogP contribution is 2.33. The normalized spacial score (nSPS) is 15.5. The molecule has 1 atom stereocenters. The Kier molecular flexibility index (Phi) is 10.2. The van der Waals surface area contributed by atoms with Crippen molar-refractivity contribution in [3.63, 3.8) is 0 Å². The van der Waals surface area contributed by atoms with Crippen molar-refractivity contribution in [3.8, 4) is 11.5 Å². The number of likely N-dealkylation sites (tertiary alicyclic amines) is 1. The van der Waals surface area contributed by atoms with E-state index in [1.165, 1.54) is 12.1 Å². The quantitative estimate of drug-likeness (QED) is 0.199. The fraction of sp³-hybridized carbons (Fsp3) is 0.500. The third kappa shape index (κ3) is 8.52. The van der Waals surface area contributed by atoms with Crippen LogP contribution in [-0.2, 0) is 22.7 Å². The summed E-state index contributed by atoms with van der Waals surface area (Å²) in [5, 5.41) is 15.3. The summed E-state index contributed by atoms with van der Waals surface area (Å²) in [7, 11) is 0.827. The topological polar surface area (TPSA) is 118 Å². The number of halogens is 1. The molecule has 12 heteroatoms. The Morgan fingerprint density at radius 3 is 2.60 bits per heavy atom. The van der Waals surface area contributed by atoms with E-state index < -0.39 is 31.9 Å². The lowest BCUT2D eigenvalue weighted by Gasteiger charge is -2.30. The van der Waals surface area contributed by atoms with Gasteiger partial charge >= 0.3 is 6.09 Å². The number of hydrogen-bond donors (Lipinski definition) is 3. The molecular formula is C30H42FN5O5Si. The molecule has 1 fully saturated rings. The monoisotopic (exact) mass is 599 g/mol. The van der Waals surface area contributed by atoms with E-state index in [-0.39, 0.29) is 18.2 Å². The summed E-state index contributed by atoms with van der Waals surface area (Å²) in [5.74, 6) is -0.554. The van der Waals surface area contributed by atoms with Gasteiger partial charge in [-0.25, -0.2) is 14.2 Å². The van der Waals surface area contributed by atoms with Gasteiger partial charge in [-0.3, -0.25) is 4.79 Å². The summed E-state index contributed by atoms with van der Waals surface area (Å²) in [6, 6.07) is 6.10. The van der Waals surface area contributed by atoms with Crippen LogP contribution < -0.4 is 15.4 Å². The second-order valence-corrected chi connectivity index (χ2v) is 17.9. The first-order valence-electron chi connectivity index (χ1n) is 14.4. The van der Waals surface area contributed by atoms with Gasteiger partial charge in [-0.15, -0.1) is 0 Å². The van der Waals surface area contributed by atoms with Crippen molar-refractivity contribution in [1.29, 1.82) is 0 Å². The molecule has 0 unspecified atom stereocenters. The van der Waals surface area contributed by atoms with E-state index in [0.717, 1.165) is 42.9 Å². The summed E-state index contributed by atoms with van der Waals surface area (Å²) in [5.41, 5.74) is 2.08. The third-order valence-corrected chi connectivity index (χ3v) is 9.17. The van der Waals surface area contributed by atoms with Gasteiger partial charge in [0.25, 0.3) is 0 Å². The van der Waals surface area contributed by atoms with Crippen LogP contribution in [0, 0.1) is 12.7 Å². The lowest BCUT2D eigenvalue weighted by Crippen LogP contribution is -2.52. The average Bonchev–Trinajstić information content (AvgIpc) is 3.24. The average molecular weight is 600 g/mol. The summed E-state index contributed by atoms with van der Waals surface area (Å²) < 4.78 is 29.1. The first-order valence-corrected chi connectivity index (χ1v) is 18.1. The van der Waals surface area contributed by atoms with Gasteiger partial charge in [0.15, 0.2) is 11.6 Å². The molecule has 2 aromatic heterocycles. The number of piperidine rings is 1. The minimum absolute atomic E-state index is 0.00111. The Hall–Kier alpha value is -3.48. The minimum Gasteiger partial charge on any atom is -0.465 e. The number of amides is 2. The fourth-order valence-electron chi connectivity index (χ4n) is 5.03. The number of nitrogens with zero attached hydrogens (tertiary/aromatic N) is 3. The maximum Gasteiger partial charge on any atom is 0.405 e. The largest absolute Gasteiger partial charge is 0.465 e. The van der Waals surface area contributed by atoms with Gasteiger partial charge in [-0.1, -0.05) is 25.7 Å². The number of aryl methyl sites for hydroxylation is 1. The maximum absolute atomic E-state index is 15.3. The van der Waals surface area contributed by atoms with Gasteiger partial charge in [-0.2, -0.15) is 0 Å². The van der Waals surface area contributed by atoms with Crippen molar-refractivity contribution in [1.82, 2.24) is 25.1 Å². The smallest absolute Gasteiger partial charge is 0.405 e. The number of aromatic nitrogens is 2. The molecule has 0 bridgehead atoms. The molecule has 1 aliphatic rings. The highest BCUT2D eigenvalue weighted by molar-refractivity contribution is 6.76. The zero-order valence-corrected chi connectivity index (χ0v) is 26.1. The number of rotatable bonds is 12. The number of carbonyl (C=O) groups is 2. The number of pyridine rings is 1. The predicted molar refractivity (Wildman–Crippen MR) is 162 cm³/mol. The van der Waals surface area contributed by atoms with Crippen LogP contribution in [0.15, 0.2) is 36.7 Å². The number of carbonyl (C=O) groups excluding carboxylic acids is 1. The van der Waals surface area contributed by atoms with E-state index >= 15 is 4.39 Å². The molecule has 1 aliphatic heterocycles. The van der Waals surface area contributed by atoms with E-state index in [1.807, 2.05) is 24.7 Å². The summed E-state index contributed by atoms with van der Waals surface area (Å²) in [6.45, 7) is 11.6. The SMILES string of the molecule is Cc1cn(COCC[Si](C)(C)C)c2nccc(Oc3ccc(C[C@H](NC(=O)O)C(=O)NC4CCN(C)CC4)cc3F)c12. The number of hydrogen-bond acceptors (Lipinski definition) is 6. The molecule has 3 N–H and O–H groups in total. The van der Waals surface area contributed by atoms with Crippen LogP contribution in [0.2, 0.25) is 25.7 Å². The van der Waals surface area contributed by atoms with Gasteiger partial charge in [0.05, 0.1) is 5.39 Å². The Labute approximate surface area is 247 Å². The van der Waals surface area contributed by atoms with E-state index in [2.05, 4.69) is 40.2 Å².